The van der Waals surface area contributed by atoms with Gasteiger partial charge in [-0.2, -0.15) is 5.26 Å². The van der Waals surface area contributed by atoms with E-state index in [1.165, 1.54) is 30.4 Å². The molecule has 0 fully saturated rings. The second-order valence-electron chi connectivity index (χ2n) is 2.59. The number of rotatable bonds is 2. The van der Waals surface area contributed by atoms with E-state index in [-0.39, 0.29) is 0 Å². The van der Waals surface area contributed by atoms with Crippen LogP contribution in [0.2, 0.25) is 0 Å². The van der Waals surface area contributed by atoms with Gasteiger partial charge in [0.05, 0.1) is 17.4 Å². The molecule has 2 N–H and O–H groups in total. The van der Waals surface area contributed by atoms with Crippen molar-refractivity contribution >= 4 is 17.4 Å². The molecular weight excluding hydrogens is 212 g/mol. The lowest BCUT2D eigenvalue weighted by molar-refractivity contribution is 0.454. The number of nitriles is 1. The molecule has 0 aliphatic carbocycles. The van der Waals surface area contributed by atoms with Gasteiger partial charge in [-0.25, -0.2) is 9.97 Å². The van der Waals surface area contributed by atoms with Gasteiger partial charge >= 0.3 is 0 Å². The Kier molecular flexibility index (Phi) is 2.56. The number of hydrogen-bond donors (Lipinski definition) is 1. The molecule has 15 heavy (non-hydrogen) atoms. The van der Waals surface area contributed by atoms with Crippen molar-refractivity contribution in [1.29, 1.82) is 5.26 Å². The molecule has 0 saturated heterocycles. The van der Waals surface area contributed by atoms with Crippen LogP contribution < -0.4 is 5.73 Å². The van der Waals surface area contributed by atoms with Gasteiger partial charge in [-0.15, -0.1) is 0 Å². The molecule has 0 saturated carbocycles. The Hall–Kier alpha value is -2.00. The number of nitrogen functional groups attached to an aromatic ring is 1. The van der Waals surface area contributed by atoms with E-state index in [1.807, 2.05) is 6.07 Å². The summed E-state index contributed by atoms with van der Waals surface area (Å²) >= 11 is 1.19. The van der Waals surface area contributed by atoms with Crippen LogP contribution in [0.4, 0.5) is 5.69 Å². The third kappa shape index (κ3) is 1.92. The number of nitrogens with zero attached hydrogens (tertiary/aromatic N) is 3. The highest BCUT2D eigenvalue weighted by atomic mass is 32.2. The summed E-state index contributed by atoms with van der Waals surface area (Å²) in [4.78, 5) is 7.97. The topological polar surface area (TPSA) is 88.7 Å². The minimum Gasteiger partial charge on any atom is -0.440 e. The average Bonchev–Trinajstić information content (AvgIpc) is 2.74. The van der Waals surface area contributed by atoms with E-state index in [9.17, 15) is 0 Å². The summed E-state index contributed by atoms with van der Waals surface area (Å²) < 4.78 is 5.04. The predicted octanol–water partition coefficient (Wildman–Crippen LogP) is 1.67. The number of nitrogens with two attached hydrogens (primary N) is 1. The summed E-state index contributed by atoms with van der Waals surface area (Å²) in [6, 6.07) is 3.55. The number of hydrogen-bond acceptors (Lipinski definition) is 6. The first-order valence-electron chi connectivity index (χ1n) is 4.03. The number of anilines is 1. The van der Waals surface area contributed by atoms with Crippen molar-refractivity contribution in [2.45, 2.75) is 10.2 Å². The van der Waals surface area contributed by atoms with E-state index in [2.05, 4.69) is 9.97 Å². The zero-order valence-electron chi connectivity index (χ0n) is 7.54. The molecule has 0 atom stereocenters. The van der Waals surface area contributed by atoms with Crippen molar-refractivity contribution in [1.82, 2.24) is 9.97 Å². The Morgan fingerprint density at radius 1 is 1.40 bits per heavy atom. The second-order valence-corrected chi connectivity index (χ2v) is 3.53. The van der Waals surface area contributed by atoms with Gasteiger partial charge in [-0.3, -0.25) is 0 Å². The van der Waals surface area contributed by atoms with Crippen LogP contribution in [0.5, 0.6) is 0 Å². The van der Waals surface area contributed by atoms with E-state index < -0.39 is 0 Å². The van der Waals surface area contributed by atoms with Gasteiger partial charge in [0.25, 0.3) is 5.22 Å². The molecule has 0 spiro atoms. The normalized spacial score (nSPS) is 9.80. The predicted molar refractivity (Wildman–Crippen MR) is 54.0 cm³/mol. The molecular formula is C9H6N4OS. The maximum atomic E-state index is 8.76. The Labute approximate surface area is 89.9 Å². The van der Waals surface area contributed by atoms with Gasteiger partial charge in [-0.05, 0) is 17.8 Å². The second kappa shape index (κ2) is 4.02. The molecule has 0 aliphatic heterocycles. The number of aromatic nitrogens is 2. The van der Waals surface area contributed by atoms with Gasteiger partial charge in [0.2, 0.25) is 0 Å². The molecule has 0 bridgehead atoms. The maximum Gasteiger partial charge on any atom is 0.262 e. The first kappa shape index (κ1) is 9.55. The molecule has 0 aliphatic rings. The highest BCUT2D eigenvalue weighted by Gasteiger charge is 2.09. The Bertz CT molecular complexity index is 503. The van der Waals surface area contributed by atoms with Crippen molar-refractivity contribution in [3.8, 4) is 6.07 Å². The monoisotopic (exact) mass is 218 g/mol. The van der Waals surface area contributed by atoms with E-state index >= 15 is 0 Å². The first-order valence-corrected chi connectivity index (χ1v) is 4.85. The SMILES string of the molecule is N#Cc1ccnc(Sc2ncco2)c1N. The third-order valence-electron chi connectivity index (χ3n) is 1.67. The van der Waals surface area contributed by atoms with Crippen LogP contribution >= 0.6 is 11.8 Å². The minimum absolute atomic E-state index is 0.350. The molecule has 0 unspecified atom stereocenters. The Balaban J connectivity index is 2.34. The fourth-order valence-corrected chi connectivity index (χ4v) is 1.69. The maximum absolute atomic E-state index is 8.76. The van der Waals surface area contributed by atoms with E-state index in [0.717, 1.165) is 0 Å². The van der Waals surface area contributed by atoms with Crippen LogP contribution in [0, 0.1) is 11.3 Å². The highest BCUT2D eigenvalue weighted by Crippen LogP contribution is 2.30. The molecule has 2 aromatic heterocycles. The fraction of sp³-hybridized carbons (Fsp3) is 0. The van der Waals surface area contributed by atoms with Gasteiger partial charge in [-0.1, -0.05) is 0 Å². The van der Waals surface area contributed by atoms with Crippen LogP contribution in [-0.4, -0.2) is 9.97 Å². The van der Waals surface area contributed by atoms with E-state index in [1.54, 1.807) is 6.07 Å². The summed E-state index contributed by atoms with van der Waals surface area (Å²) in [6.07, 6.45) is 4.53. The summed E-state index contributed by atoms with van der Waals surface area (Å²) in [5, 5.41) is 9.74. The fourth-order valence-electron chi connectivity index (χ4n) is 0.976. The zero-order chi connectivity index (χ0) is 10.7. The summed E-state index contributed by atoms with van der Waals surface area (Å²) in [6.45, 7) is 0. The summed E-state index contributed by atoms with van der Waals surface area (Å²) in [7, 11) is 0. The molecule has 5 nitrogen and oxygen atoms in total. The Morgan fingerprint density at radius 3 is 2.93 bits per heavy atom. The number of pyridine rings is 1. The molecule has 0 radical (unpaired) electrons. The number of oxazole rings is 1. The first-order chi connectivity index (χ1) is 7.31. The zero-order valence-corrected chi connectivity index (χ0v) is 8.36. The lowest BCUT2D eigenvalue weighted by Gasteiger charge is -2.01. The molecule has 2 rings (SSSR count). The van der Waals surface area contributed by atoms with Crippen molar-refractivity contribution in [2.75, 3.05) is 5.73 Å². The van der Waals surface area contributed by atoms with E-state index in [0.29, 0.717) is 21.5 Å². The standard InChI is InChI=1S/C9H6N4OS/c10-5-6-1-2-12-8(7(6)11)15-9-13-3-4-14-9/h1-4H,11H2. The van der Waals surface area contributed by atoms with Crippen molar-refractivity contribution in [3.05, 3.63) is 30.3 Å². The van der Waals surface area contributed by atoms with Crippen molar-refractivity contribution < 1.29 is 4.42 Å². The van der Waals surface area contributed by atoms with Gasteiger partial charge in [0, 0.05) is 6.20 Å². The van der Waals surface area contributed by atoms with Crippen LogP contribution in [0.1, 0.15) is 5.56 Å². The van der Waals surface area contributed by atoms with Crippen molar-refractivity contribution in [2.24, 2.45) is 0 Å². The molecule has 0 amide bonds. The molecule has 74 valence electrons. The van der Waals surface area contributed by atoms with Crippen LogP contribution in [0.3, 0.4) is 0 Å². The molecule has 2 heterocycles. The lowest BCUT2D eigenvalue weighted by atomic mass is 10.2. The molecule has 2 aromatic rings. The van der Waals surface area contributed by atoms with Crippen LogP contribution in [0.25, 0.3) is 0 Å². The largest absolute Gasteiger partial charge is 0.440 e. The van der Waals surface area contributed by atoms with Gasteiger partial charge < -0.3 is 10.2 Å². The smallest absolute Gasteiger partial charge is 0.262 e. The highest BCUT2D eigenvalue weighted by molar-refractivity contribution is 7.99. The Morgan fingerprint density at radius 2 is 2.27 bits per heavy atom. The van der Waals surface area contributed by atoms with Crippen LogP contribution in [-0.2, 0) is 0 Å². The van der Waals surface area contributed by atoms with E-state index in [4.69, 9.17) is 15.4 Å². The van der Waals surface area contributed by atoms with Gasteiger partial charge in [0.15, 0.2) is 0 Å². The quantitative estimate of drug-likeness (QED) is 0.824. The summed E-state index contributed by atoms with van der Waals surface area (Å²) in [5.74, 6) is 0. The summed E-state index contributed by atoms with van der Waals surface area (Å²) in [5.41, 5.74) is 6.49. The minimum atomic E-state index is 0.350. The molecule has 0 aromatic carbocycles. The van der Waals surface area contributed by atoms with Crippen LogP contribution in [0.15, 0.2) is 39.4 Å². The van der Waals surface area contributed by atoms with Gasteiger partial charge in [0.1, 0.15) is 17.4 Å². The average molecular weight is 218 g/mol. The third-order valence-corrected chi connectivity index (χ3v) is 2.56. The lowest BCUT2D eigenvalue weighted by Crippen LogP contribution is -1.95. The van der Waals surface area contributed by atoms with Crippen molar-refractivity contribution in [3.63, 3.8) is 0 Å². The molecule has 6 heteroatoms.